The van der Waals surface area contributed by atoms with Crippen LogP contribution >= 0.6 is 148 Å². The number of rotatable bonds is 11. The number of fused-ring (bicyclic) bond motifs is 2. The highest BCUT2D eigenvalue weighted by Crippen LogP contribution is 2.23. The summed E-state index contributed by atoms with van der Waals surface area (Å²) < 4.78 is 15.8. The molecule has 0 aliphatic carbocycles. The third kappa shape index (κ3) is 41.6. The standard InChI is InChI=1S/C10H19NO2.C9H18N2O2.C8H14N2O.C8H16N2.C7H13NO2.C3H6O.CHI3.CH2I2.CH3I.ClH/c1-3-6-11-7-4-5-9(11)8-10(12)13-2;1-13-9(12)7-8-3-2-5-11(8)6-4-10;11-8-6-7-2-1-4-10(7)5-3-9-8;1-2-8-3-4-9-5-7-10(8)6-1;1-10-7(9)5-6-3-2-4-8-6;1-2-3-4;2-1(3)4;2-1-3;1-2;/h9H,3-8H2,1-2H3;8H,2-7,10H2,1H3;7H,1-6H2,(H,9,11);8-9H,1-7H2;6,8H,2-5H2,1H3;3H,2H2,1H3;1H;1H2;1H3;1H/t9-;8-;7-;8-;6-;;;;;/m00000...../s1. The van der Waals surface area contributed by atoms with Crippen molar-refractivity contribution in [1.82, 2.24) is 35.6 Å². The maximum atomic E-state index is 11.1. The molecule has 16 nitrogen and oxygen atoms in total. The Balaban J connectivity index is -0.000000766. The lowest BCUT2D eigenvalue weighted by atomic mass is 10.1. The van der Waals surface area contributed by atoms with Crippen molar-refractivity contribution in [2.45, 2.75) is 153 Å². The maximum Gasteiger partial charge on any atom is 0.307 e. The fraction of sp³-hybridized carbons (Fsp3) is 0.896. The van der Waals surface area contributed by atoms with Gasteiger partial charge < -0.3 is 40.7 Å². The Labute approximate surface area is 518 Å². The third-order valence-electron chi connectivity index (χ3n) is 12.5. The number of nitrogens with one attached hydrogen (secondary N) is 3. The SMILES string of the molecule is C1C[C@H]2CCNCCN2C1.CCC=O.CCCN1CCC[C@H]1CC(=O)OC.CI.COC(=O)C[C@@H]1CCCN1.COC(=O)C[C@@H]1CCCN1CCN.Cl.IC(I)I.ICI.O=C1C[C@@H]2CCCN2CCN1. The van der Waals surface area contributed by atoms with Gasteiger partial charge in [-0.15, -0.1) is 12.4 Å². The topological polar surface area (TPSA) is 188 Å². The minimum Gasteiger partial charge on any atom is -0.469 e. The van der Waals surface area contributed by atoms with Gasteiger partial charge in [0, 0.05) is 82.3 Å². The number of methoxy groups -OCH3 is 3. The molecule has 7 saturated heterocycles. The summed E-state index contributed by atoms with van der Waals surface area (Å²) in [7, 11) is 4.32. The number of carbonyl (C=O) groups is 5. The smallest absolute Gasteiger partial charge is 0.307 e. The van der Waals surface area contributed by atoms with E-state index in [9.17, 15) is 24.0 Å². The Kier molecular flexibility index (Phi) is 58.6. The molecule has 0 aromatic rings. The van der Waals surface area contributed by atoms with Crippen molar-refractivity contribution in [3.05, 3.63) is 0 Å². The van der Waals surface area contributed by atoms with Gasteiger partial charge in [-0.25, -0.2) is 0 Å². The van der Waals surface area contributed by atoms with Crippen LogP contribution in [-0.4, -0.2) is 194 Å². The number of halogens is 7. The first-order valence-electron chi connectivity index (χ1n) is 25.2. The Morgan fingerprint density at radius 1 is 0.676 bits per heavy atom. The van der Waals surface area contributed by atoms with Crippen molar-refractivity contribution in [2.75, 3.05) is 114 Å². The van der Waals surface area contributed by atoms with E-state index < -0.39 is 0 Å². The van der Waals surface area contributed by atoms with E-state index in [0.717, 1.165) is 90.2 Å². The maximum absolute atomic E-state index is 11.1. The molecular weight excluding hydrogens is 1610 g/mol. The summed E-state index contributed by atoms with van der Waals surface area (Å²) in [5, 5.41) is 9.55. The highest BCUT2D eigenvalue weighted by Gasteiger charge is 2.29. The molecule has 0 spiro atoms. The zero-order valence-corrected chi connectivity index (χ0v) is 57.5. The number of ether oxygens (including phenoxy) is 3. The summed E-state index contributed by atoms with van der Waals surface area (Å²) >= 11 is 13.6. The Hall–Kier alpha value is 1.94. The van der Waals surface area contributed by atoms with Gasteiger partial charge in [0.05, 0.1) is 43.0 Å². The molecule has 5 N–H and O–H groups in total. The van der Waals surface area contributed by atoms with Crippen molar-refractivity contribution in [3.8, 4) is 0 Å². The van der Waals surface area contributed by atoms with Crippen LogP contribution < -0.4 is 21.7 Å². The van der Waals surface area contributed by atoms with E-state index in [1.807, 2.05) is 11.9 Å². The van der Waals surface area contributed by atoms with Gasteiger partial charge in [-0.2, -0.15) is 0 Å². The van der Waals surface area contributed by atoms with Crippen molar-refractivity contribution in [3.63, 3.8) is 0 Å². The quantitative estimate of drug-likeness (QED) is 0.0506. The van der Waals surface area contributed by atoms with Crippen LogP contribution in [0.25, 0.3) is 0 Å². The zero-order chi connectivity index (χ0) is 53.0. The van der Waals surface area contributed by atoms with Gasteiger partial charge in [-0.05, 0) is 128 Å². The number of esters is 3. The highest BCUT2D eigenvalue weighted by molar-refractivity contribution is 14.3. The van der Waals surface area contributed by atoms with Crippen molar-refractivity contribution in [1.29, 1.82) is 0 Å². The minimum atomic E-state index is -0.117. The molecule has 7 heterocycles. The van der Waals surface area contributed by atoms with E-state index in [0.29, 0.717) is 56.4 Å². The van der Waals surface area contributed by atoms with E-state index in [4.69, 9.17) is 5.73 Å². The lowest BCUT2D eigenvalue weighted by Crippen LogP contribution is -2.35. The molecule has 7 aliphatic heterocycles. The van der Waals surface area contributed by atoms with Crippen LogP contribution in [0.4, 0.5) is 0 Å². The van der Waals surface area contributed by atoms with Crippen LogP contribution in [0.5, 0.6) is 0 Å². The monoisotopic (exact) mass is 1710 g/mol. The number of aldehydes is 1. The number of alkyl halides is 6. The number of nitrogens with two attached hydrogens (primary N) is 1. The predicted molar refractivity (Wildman–Crippen MR) is 346 cm³/mol. The lowest BCUT2D eigenvalue weighted by Gasteiger charge is -2.22. The van der Waals surface area contributed by atoms with E-state index in [-0.39, 0.29) is 36.2 Å². The summed E-state index contributed by atoms with van der Waals surface area (Å²) in [4.78, 5) is 64.8. The summed E-state index contributed by atoms with van der Waals surface area (Å²) in [5.41, 5.74) is 5.48. The number of likely N-dealkylation sites (tertiary alicyclic amines) is 2. The summed E-state index contributed by atoms with van der Waals surface area (Å²) in [5.74, 6) is -0.0688. The number of carbonyl (C=O) groups excluding carboxylic acids is 5. The molecule has 71 heavy (non-hydrogen) atoms. The van der Waals surface area contributed by atoms with E-state index in [1.54, 1.807) is 0 Å². The normalized spacial score (nSPS) is 23.3. The van der Waals surface area contributed by atoms with Crippen LogP contribution in [0.2, 0.25) is 0 Å². The van der Waals surface area contributed by atoms with Crippen LogP contribution in [0, 0.1) is 0 Å². The molecule has 0 radical (unpaired) electrons. The van der Waals surface area contributed by atoms with Gasteiger partial charge >= 0.3 is 17.9 Å². The van der Waals surface area contributed by atoms with Crippen molar-refractivity contribution in [2.24, 2.45) is 5.73 Å². The Morgan fingerprint density at radius 2 is 1.14 bits per heavy atom. The second kappa shape index (κ2) is 53.9. The largest absolute Gasteiger partial charge is 0.469 e. The second-order valence-corrected chi connectivity index (χ2v) is 32.6. The number of hydrogen-bond acceptors (Lipinski definition) is 15. The average Bonchev–Trinajstić information content (AvgIpc) is 4.23. The third-order valence-corrected chi connectivity index (χ3v) is 12.5. The van der Waals surface area contributed by atoms with Gasteiger partial charge in [-0.3, -0.25) is 38.8 Å². The summed E-state index contributed by atoms with van der Waals surface area (Å²) in [6, 6.07) is 2.64. The molecule has 0 bridgehead atoms. The van der Waals surface area contributed by atoms with Gasteiger partial charge in [0.15, 0.2) is 0 Å². The second-order valence-electron chi connectivity index (χ2n) is 17.3. The van der Waals surface area contributed by atoms with Gasteiger partial charge in [0.1, 0.15) is 6.22 Å². The van der Waals surface area contributed by atoms with Crippen molar-refractivity contribution < 1.29 is 38.2 Å². The van der Waals surface area contributed by atoms with Gasteiger partial charge in [0.2, 0.25) is 5.91 Å². The minimum absolute atomic E-state index is 0. The first-order chi connectivity index (χ1) is 33.8. The lowest BCUT2D eigenvalue weighted by molar-refractivity contribution is -0.142. The zero-order valence-electron chi connectivity index (χ0n) is 43.8. The van der Waals surface area contributed by atoms with Crippen molar-refractivity contribution >= 4 is 178 Å². The highest BCUT2D eigenvalue weighted by atomic mass is 127. The number of nitrogens with zero attached hydrogens (tertiary/aromatic N) is 4. The molecule has 422 valence electrons. The molecule has 7 fully saturated rings. The molecular formula is C48H93ClI6N8O8. The molecule has 1 amide bonds. The molecule has 23 heteroatoms. The molecule has 0 saturated carbocycles. The molecule has 0 aromatic heterocycles. The first kappa shape index (κ1) is 77.2. The molecule has 7 aliphatic rings. The predicted octanol–water partition coefficient (Wildman–Crippen LogP) is 8.57. The molecule has 0 aromatic carbocycles. The van der Waals surface area contributed by atoms with Crippen LogP contribution in [0.1, 0.15) is 123 Å². The number of amides is 1. The Bertz CT molecular complexity index is 1260. The first-order valence-corrected chi connectivity index (χ1v) is 34.1. The number of hydrogen-bond donors (Lipinski definition) is 4. The molecule has 0 unspecified atom stereocenters. The summed E-state index contributed by atoms with van der Waals surface area (Å²) in [6.07, 6.45) is 18.7. The molecule has 5 atom stereocenters. The van der Waals surface area contributed by atoms with E-state index in [2.05, 4.69) is 192 Å². The van der Waals surface area contributed by atoms with E-state index in [1.165, 1.54) is 108 Å². The average molecular weight is 1710 g/mol. The van der Waals surface area contributed by atoms with Crippen LogP contribution in [-0.2, 0) is 38.2 Å². The fourth-order valence-corrected chi connectivity index (χ4v) is 9.24. The van der Waals surface area contributed by atoms with Gasteiger partial charge in [0.25, 0.3) is 0 Å². The van der Waals surface area contributed by atoms with E-state index >= 15 is 0 Å². The van der Waals surface area contributed by atoms with Crippen LogP contribution in [0.15, 0.2) is 0 Å². The summed E-state index contributed by atoms with van der Waals surface area (Å²) in [6.45, 7) is 18.1. The van der Waals surface area contributed by atoms with Crippen LogP contribution in [0.3, 0.4) is 0 Å². The Morgan fingerprint density at radius 3 is 1.61 bits per heavy atom. The van der Waals surface area contributed by atoms with Gasteiger partial charge in [-0.1, -0.05) is 149 Å². The molecule has 7 rings (SSSR count). The fourth-order valence-electron chi connectivity index (χ4n) is 9.24.